The summed E-state index contributed by atoms with van der Waals surface area (Å²) in [5, 5.41) is 1.54. The summed E-state index contributed by atoms with van der Waals surface area (Å²) in [5.41, 5.74) is 4.37. The second-order valence-electron chi connectivity index (χ2n) is 4.77. The van der Waals surface area contributed by atoms with Gasteiger partial charge in [0.15, 0.2) is 0 Å². The molecule has 0 saturated heterocycles. The molecule has 4 heteroatoms. The topological polar surface area (TPSA) is 0 Å². The number of hydrogen-bond acceptors (Lipinski definition) is 0. The van der Waals surface area contributed by atoms with Crippen molar-refractivity contribution in [2.45, 2.75) is 0 Å². The highest BCUT2D eigenvalue weighted by Gasteiger charge is 2.10. The maximum Gasteiger partial charge on any atom is 0.0495 e. The molecule has 0 radical (unpaired) electrons. The Hall–Kier alpha value is -0.300. The largest absolute Gasteiger partial charge is 0.0836 e. The lowest BCUT2D eigenvalue weighted by Crippen LogP contribution is -1.87. The molecule has 0 aliphatic carbocycles. The van der Waals surface area contributed by atoms with Crippen molar-refractivity contribution in [3.8, 4) is 22.3 Å². The van der Waals surface area contributed by atoms with Gasteiger partial charge in [0, 0.05) is 28.3 Å². The molecule has 0 nitrogen and oxygen atoms in total. The van der Waals surface area contributed by atoms with Gasteiger partial charge in [-0.3, -0.25) is 0 Å². The van der Waals surface area contributed by atoms with Crippen LogP contribution in [0, 0.1) is 7.14 Å². The average molecular weight is 551 g/mol. The summed E-state index contributed by atoms with van der Waals surface area (Å²) < 4.78 is 2.29. The zero-order chi connectivity index (χ0) is 15.7. The molecule has 0 bridgehead atoms. The normalized spacial score (nSPS) is 10.7. The first-order valence-corrected chi connectivity index (χ1v) is 9.48. The van der Waals surface area contributed by atoms with Gasteiger partial charge in [-0.05, 0) is 80.6 Å². The monoisotopic (exact) mass is 550 g/mol. The van der Waals surface area contributed by atoms with Crippen molar-refractivity contribution in [3.63, 3.8) is 0 Å². The van der Waals surface area contributed by atoms with E-state index in [9.17, 15) is 0 Å². The first-order chi connectivity index (χ1) is 10.6. The molecule has 0 N–H and O–H groups in total. The van der Waals surface area contributed by atoms with Crippen molar-refractivity contribution in [1.82, 2.24) is 0 Å². The highest BCUT2D eigenvalue weighted by molar-refractivity contribution is 14.1. The molecule has 0 aliphatic heterocycles. The molecule has 0 fully saturated rings. The van der Waals surface area contributed by atoms with Gasteiger partial charge in [0.25, 0.3) is 0 Å². The standard InChI is InChI=1S/C18H10Cl2I2/c19-13-3-1-5-15(21)17(13)11-7-9-12(10-8-11)18-14(20)4-2-6-16(18)22/h1-10H. The molecule has 0 amide bonds. The van der Waals surface area contributed by atoms with Crippen molar-refractivity contribution >= 4 is 68.4 Å². The molecule has 0 aromatic heterocycles. The van der Waals surface area contributed by atoms with Crippen molar-refractivity contribution < 1.29 is 0 Å². The van der Waals surface area contributed by atoms with Crippen LogP contribution in [0.1, 0.15) is 0 Å². The Morgan fingerprint density at radius 1 is 0.545 bits per heavy atom. The molecule has 0 unspecified atom stereocenters. The second-order valence-corrected chi connectivity index (χ2v) is 7.91. The van der Waals surface area contributed by atoms with Crippen LogP contribution in [-0.2, 0) is 0 Å². The lowest BCUT2D eigenvalue weighted by Gasteiger charge is -2.10. The fourth-order valence-corrected chi connectivity index (χ4v) is 4.86. The quantitative estimate of drug-likeness (QED) is 0.289. The smallest absolute Gasteiger partial charge is 0.0495 e. The highest BCUT2D eigenvalue weighted by atomic mass is 127. The van der Waals surface area contributed by atoms with Crippen LogP contribution >= 0.6 is 68.4 Å². The van der Waals surface area contributed by atoms with Gasteiger partial charge in [0.2, 0.25) is 0 Å². The summed E-state index contributed by atoms with van der Waals surface area (Å²) in [6, 6.07) is 20.3. The molecule has 3 aromatic rings. The van der Waals surface area contributed by atoms with E-state index in [4.69, 9.17) is 23.2 Å². The second kappa shape index (κ2) is 7.07. The van der Waals surface area contributed by atoms with Crippen molar-refractivity contribution in [2.24, 2.45) is 0 Å². The predicted molar refractivity (Wildman–Crippen MR) is 113 cm³/mol. The van der Waals surface area contributed by atoms with Gasteiger partial charge < -0.3 is 0 Å². The first kappa shape index (κ1) is 16.6. The van der Waals surface area contributed by atoms with E-state index in [2.05, 4.69) is 81.6 Å². The van der Waals surface area contributed by atoms with Crippen LogP contribution in [-0.4, -0.2) is 0 Å². The summed E-state index contributed by atoms with van der Waals surface area (Å²) >= 11 is 17.3. The van der Waals surface area contributed by atoms with E-state index in [1.807, 2.05) is 24.3 Å². The van der Waals surface area contributed by atoms with Gasteiger partial charge >= 0.3 is 0 Å². The van der Waals surface area contributed by atoms with E-state index in [-0.39, 0.29) is 0 Å². The molecule has 3 rings (SSSR count). The van der Waals surface area contributed by atoms with Crippen LogP contribution in [0.5, 0.6) is 0 Å². The number of rotatable bonds is 2. The fourth-order valence-electron chi connectivity index (χ4n) is 2.35. The van der Waals surface area contributed by atoms with Crippen molar-refractivity contribution in [3.05, 3.63) is 77.8 Å². The maximum absolute atomic E-state index is 6.34. The van der Waals surface area contributed by atoms with Crippen molar-refractivity contribution in [1.29, 1.82) is 0 Å². The third-order valence-electron chi connectivity index (χ3n) is 3.39. The fraction of sp³-hybridized carbons (Fsp3) is 0. The Kier molecular flexibility index (Phi) is 5.32. The minimum Gasteiger partial charge on any atom is -0.0836 e. The number of halogens is 4. The summed E-state index contributed by atoms with van der Waals surface area (Å²) in [6.07, 6.45) is 0. The number of hydrogen-bond donors (Lipinski definition) is 0. The van der Waals surface area contributed by atoms with Crippen LogP contribution in [0.2, 0.25) is 10.0 Å². The Morgan fingerprint density at radius 2 is 0.909 bits per heavy atom. The van der Waals surface area contributed by atoms with E-state index in [1.54, 1.807) is 0 Å². The predicted octanol–water partition coefficient (Wildman–Crippen LogP) is 7.54. The zero-order valence-electron chi connectivity index (χ0n) is 11.3. The maximum atomic E-state index is 6.34. The Morgan fingerprint density at radius 3 is 1.23 bits per heavy atom. The Balaban J connectivity index is 2.08. The van der Waals surface area contributed by atoms with Crippen LogP contribution in [0.15, 0.2) is 60.7 Å². The van der Waals surface area contributed by atoms with Crippen LogP contribution in [0.4, 0.5) is 0 Å². The van der Waals surface area contributed by atoms with E-state index in [1.165, 1.54) is 0 Å². The SMILES string of the molecule is Clc1cccc(I)c1-c1ccc(-c2c(Cl)cccc2I)cc1. The molecular formula is C18H10Cl2I2. The summed E-state index contributed by atoms with van der Waals surface area (Å²) in [4.78, 5) is 0. The lowest BCUT2D eigenvalue weighted by atomic mass is 10.0. The van der Waals surface area contributed by atoms with E-state index in [0.717, 1.165) is 39.4 Å². The van der Waals surface area contributed by atoms with Crippen LogP contribution < -0.4 is 0 Å². The van der Waals surface area contributed by atoms with Crippen LogP contribution in [0.3, 0.4) is 0 Å². The zero-order valence-corrected chi connectivity index (χ0v) is 17.1. The molecule has 0 saturated carbocycles. The van der Waals surface area contributed by atoms with E-state index >= 15 is 0 Å². The van der Waals surface area contributed by atoms with Crippen molar-refractivity contribution in [2.75, 3.05) is 0 Å². The van der Waals surface area contributed by atoms with Gasteiger partial charge in [-0.1, -0.05) is 59.6 Å². The van der Waals surface area contributed by atoms with Gasteiger partial charge in [-0.15, -0.1) is 0 Å². The molecule has 0 spiro atoms. The Bertz CT molecular complexity index is 716. The molecular weight excluding hydrogens is 541 g/mol. The minimum absolute atomic E-state index is 0.770. The van der Waals surface area contributed by atoms with E-state index < -0.39 is 0 Å². The van der Waals surface area contributed by atoms with Gasteiger partial charge in [0.1, 0.15) is 0 Å². The summed E-state index contributed by atoms with van der Waals surface area (Å²) in [7, 11) is 0. The molecule has 0 atom stereocenters. The van der Waals surface area contributed by atoms with E-state index in [0.29, 0.717) is 0 Å². The highest BCUT2D eigenvalue weighted by Crippen LogP contribution is 2.36. The van der Waals surface area contributed by atoms with Gasteiger partial charge in [-0.2, -0.15) is 0 Å². The molecule has 110 valence electrons. The minimum atomic E-state index is 0.770. The summed E-state index contributed by atoms with van der Waals surface area (Å²) in [6.45, 7) is 0. The third kappa shape index (κ3) is 3.30. The van der Waals surface area contributed by atoms with Gasteiger partial charge in [-0.25, -0.2) is 0 Å². The molecule has 3 aromatic carbocycles. The average Bonchev–Trinajstić information content (AvgIpc) is 2.48. The first-order valence-electron chi connectivity index (χ1n) is 6.57. The Labute approximate surface area is 167 Å². The third-order valence-corrected chi connectivity index (χ3v) is 5.82. The lowest BCUT2D eigenvalue weighted by molar-refractivity contribution is 1.55. The molecule has 0 aliphatic rings. The molecule has 0 heterocycles. The molecule has 22 heavy (non-hydrogen) atoms. The summed E-state index contributed by atoms with van der Waals surface area (Å²) in [5.74, 6) is 0. The number of benzene rings is 3. The van der Waals surface area contributed by atoms with Crippen LogP contribution in [0.25, 0.3) is 22.3 Å². The van der Waals surface area contributed by atoms with Gasteiger partial charge in [0.05, 0.1) is 0 Å².